The Balaban J connectivity index is 1.15. The molecule has 21 aliphatic heterocycles. The molecule has 0 saturated carbocycles. The van der Waals surface area contributed by atoms with Gasteiger partial charge in [0.1, 0.15) is 190 Å². The van der Waals surface area contributed by atoms with Gasteiger partial charge in [-0.05, 0) is 0 Å². The maximum atomic E-state index is 7.22. The minimum absolute atomic E-state index is 0.0363. The lowest BCUT2D eigenvalue weighted by Gasteiger charge is -2.52. The number of hydrogen-bond acceptors (Lipinski definition) is 34. The number of aromatic nitrogens is 2. The highest BCUT2D eigenvalue weighted by Crippen LogP contribution is 2.43. The highest BCUT2D eigenvalue weighted by molar-refractivity contribution is 5.04. The molecule has 36 heteroatoms. The molecule has 0 N–H and O–H groups in total. The van der Waals surface area contributed by atoms with Crippen molar-refractivity contribution in [2.24, 2.45) is 7.05 Å². The van der Waals surface area contributed by atoms with E-state index in [1.165, 1.54) is 135 Å². The Morgan fingerprint density at radius 3 is 0.549 bits per heavy atom. The van der Waals surface area contributed by atoms with Gasteiger partial charge < -0.3 is 161 Å². The molecule has 1 aromatic heterocycles. The van der Waals surface area contributed by atoms with E-state index in [0.29, 0.717) is 0 Å². The number of rotatable bonds is 28. The maximum Gasteiger partial charge on any atom is 0.243 e. The van der Waals surface area contributed by atoms with Crippen molar-refractivity contribution < 1.29 is 166 Å². The number of nitrogens with zero attached hydrogens (tertiary/aromatic N) is 2. The van der Waals surface area contributed by atoms with Crippen LogP contribution in [0.1, 0.15) is 0 Å². The molecule has 35 atom stereocenters. The van der Waals surface area contributed by atoms with E-state index in [1.807, 2.05) is 34.9 Å². The molecule has 0 radical (unpaired) electrons. The predicted molar refractivity (Wildman–Crippen MR) is 343 cm³/mol. The molecule has 22 heterocycles. The molecule has 21 fully saturated rings. The number of ether oxygens (including phenoxy) is 34. The molecule has 21 aliphatic rings. The summed E-state index contributed by atoms with van der Waals surface area (Å²) < 4.78 is 226. The zero-order chi connectivity index (χ0) is 73.5. The molecule has 14 bridgehead atoms. The molecule has 0 amide bonds. The molecule has 0 aromatic carbocycles. The van der Waals surface area contributed by atoms with Crippen LogP contribution in [-0.2, 0) is 175 Å². The van der Waals surface area contributed by atoms with Crippen molar-refractivity contribution in [1.82, 2.24) is 4.57 Å². The summed E-state index contributed by atoms with van der Waals surface area (Å²) in [6, 6.07) is 0. The van der Waals surface area contributed by atoms with Crippen LogP contribution in [0.2, 0.25) is 0 Å². The third-order valence-corrected chi connectivity index (χ3v) is 20.2. The first-order valence-electron chi connectivity index (χ1n) is 34.1. The number of hydrogen-bond donors (Lipinski definition) is 0. The summed E-state index contributed by atoms with van der Waals surface area (Å²) in [5.74, 6) is 0. The van der Waals surface area contributed by atoms with Gasteiger partial charge in [0.25, 0.3) is 0 Å². The minimum Gasteiger partial charge on any atom is -0.382 e. The molecule has 22 rings (SSSR count). The molecule has 36 nitrogen and oxygen atoms in total. The highest BCUT2D eigenvalue weighted by atomic mass is 16.8. The van der Waals surface area contributed by atoms with Gasteiger partial charge in [0.2, 0.25) is 6.33 Å². The monoisotopic (exact) mass is 1480 g/mol. The summed E-state index contributed by atoms with van der Waals surface area (Å²) in [7, 11) is 32.3. The van der Waals surface area contributed by atoms with Crippen LogP contribution in [0.5, 0.6) is 0 Å². The van der Waals surface area contributed by atoms with Crippen LogP contribution in [-0.4, -0.2) is 401 Å². The van der Waals surface area contributed by atoms with E-state index >= 15 is 0 Å². The Labute approximate surface area is 597 Å². The number of imidazole rings is 1. The lowest BCUT2D eigenvalue weighted by molar-refractivity contribution is -0.671. The first kappa shape index (κ1) is 83.9. The van der Waals surface area contributed by atoms with E-state index in [-0.39, 0.29) is 46.2 Å². The van der Waals surface area contributed by atoms with E-state index in [0.717, 1.165) is 0 Å². The number of aryl methyl sites for hydroxylation is 1. The molecule has 592 valence electrons. The van der Waals surface area contributed by atoms with Crippen LogP contribution in [0.4, 0.5) is 0 Å². The summed E-state index contributed by atoms with van der Waals surface area (Å²) in [5, 5.41) is 0. The Bertz CT molecular complexity index is 2510. The van der Waals surface area contributed by atoms with Crippen LogP contribution in [0.25, 0.3) is 0 Å². The van der Waals surface area contributed by atoms with Gasteiger partial charge in [-0.25, -0.2) is 9.13 Å². The zero-order valence-corrected chi connectivity index (χ0v) is 62.7. The largest absolute Gasteiger partial charge is 0.382 e. The second kappa shape index (κ2) is 40.5. The van der Waals surface area contributed by atoms with E-state index in [4.69, 9.17) is 161 Å². The Morgan fingerprint density at radius 1 is 0.235 bits per heavy atom. The first-order chi connectivity index (χ1) is 49.6. The fourth-order valence-corrected chi connectivity index (χ4v) is 15.5. The van der Waals surface area contributed by atoms with Gasteiger partial charge >= 0.3 is 0 Å². The molecular formula is C66H115N2O34+. The van der Waals surface area contributed by atoms with Gasteiger partial charge in [-0.2, -0.15) is 0 Å². The molecule has 1 aromatic rings. The van der Waals surface area contributed by atoms with E-state index in [2.05, 4.69) is 0 Å². The summed E-state index contributed by atoms with van der Waals surface area (Å²) >= 11 is 0. The van der Waals surface area contributed by atoms with Gasteiger partial charge in [0.15, 0.2) is 44.0 Å². The Kier molecular flexibility index (Phi) is 33.3. The first-order valence-corrected chi connectivity index (χ1v) is 34.1. The molecule has 102 heavy (non-hydrogen) atoms. The maximum absolute atomic E-state index is 7.22. The summed E-state index contributed by atoms with van der Waals surface area (Å²) in [6.07, 6.45) is -30.2. The fraction of sp³-hybridized carbons (Fsp3) is 0.955. The van der Waals surface area contributed by atoms with Crippen molar-refractivity contribution in [3.63, 3.8) is 0 Å². The Hall–Kier alpha value is -2.15. The average Bonchev–Trinajstić information content (AvgIpc) is 0.841. The zero-order valence-electron chi connectivity index (χ0n) is 62.7. The smallest absolute Gasteiger partial charge is 0.243 e. The van der Waals surface area contributed by atoms with Gasteiger partial charge in [-0.15, -0.1) is 0 Å². The highest BCUT2D eigenvalue weighted by Gasteiger charge is 2.62. The minimum atomic E-state index is -1.22. The normalized spacial score (nSPS) is 44.7. The van der Waals surface area contributed by atoms with Crippen molar-refractivity contribution in [3.8, 4) is 0 Å². The van der Waals surface area contributed by atoms with Crippen LogP contribution in [0.3, 0.4) is 0 Å². The van der Waals surface area contributed by atoms with Crippen molar-refractivity contribution in [2.75, 3.05) is 182 Å². The van der Waals surface area contributed by atoms with E-state index in [9.17, 15) is 0 Å². The quantitative estimate of drug-likeness (QED) is 0.0835. The van der Waals surface area contributed by atoms with Crippen LogP contribution in [0.15, 0.2) is 18.7 Å². The van der Waals surface area contributed by atoms with Crippen LogP contribution < -0.4 is 4.57 Å². The SMILES string of the molecule is COC[C@H]1O[C@@H]2O[C@H]3[C@H](OC)[C@@H](OC)[C@@H](O[C@H]4[C@H](OC)[C@@H](OC)[C@@H](O[C@H]5[C@H](OC)[C@@H](OC)[C@@H](O[C@H]6[C@H](OC)[C@@H](OC)[C@@H](O[C@H]7[C@H](OC)[C@@H](OC)[C@@H](O[C@H]8[C@H](OC)[C@@H](OC)[C@@H](O[C@H]1[C@H](OC)[C@H]2OC)O[C@@H]8COC)O[C@@H]7COC)O[C@@H]6COC)O[C@@H]5Cn1cc[n+](C)c1)O[C@@H]4COC)O[C@@H]3COC. The lowest BCUT2D eigenvalue weighted by Crippen LogP contribution is -2.69. The van der Waals surface area contributed by atoms with Crippen molar-refractivity contribution in [3.05, 3.63) is 18.7 Å². The third kappa shape index (κ3) is 18.2. The van der Waals surface area contributed by atoms with Gasteiger partial charge in [0, 0.05) is 142 Å². The van der Waals surface area contributed by atoms with Gasteiger partial charge in [-0.3, -0.25) is 0 Å². The number of methoxy groups -OCH3 is 20. The standard InChI is InChI=1S/C66H115N2O34/c1-67-22-23-68(31-67)24-32-39-46(75-8)53(82-15)60(89-32)97-40-33(25-69-2)91-62(55(84-17)47(40)76-9)99-42-35(27-71-4)93-64(57(86-19)49(42)78-11)101-44-37(29-73-6)95-66(59(88-21)51(44)80-13)102-45-38(30-74-7)94-65(58(87-20)52(45)81-14)100-43-36(28-72-5)92-63(56(85-18)50(43)79-12)98-41-34(26-70-3)90-61(96-39)54(83-16)48(41)77-10/h22-23,31-66H,24-30H2,1-21H3/q+1/t32-,33-,34-,35-,36-,37-,38-,39-,40-,41-,42-,43-,44-,45-,46+,47+,48+,49+,50+,51+,52+,53-,54-,55-,56-,57-,58-,59-,60-,61-,62-,63-,64-,65-,66-/m1/s1. The summed E-state index contributed by atoms with van der Waals surface area (Å²) in [6.45, 7) is -0.0274. The van der Waals surface area contributed by atoms with E-state index in [1.54, 1.807) is 7.11 Å². The summed E-state index contributed by atoms with van der Waals surface area (Å²) in [5.41, 5.74) is 0. The molecule has 0 aliphatic carbocycles. The molecular weight excluding hydrogens is 1360 g/mol. The second-order valence-electron chi connectivity index (χ2n) is 25.8. The predicted octanol–water partition coefficient (Wildman–Crippen LogP) is -1.81. The molecule has 0 unspecified atom stereocenters. The van der Waals surface area contributed by atoms with Crippen molar-refractivity contribution in [2.45, 2.75) is 221 Å². The van der Waals surface area contributed by atoms with E-state index < -0.39 is 215 Å². The van der Waals surface area contributed by atoms with Crippen molar-refractivity contribution >= 4 is 0 Å². The van der Waals surface area contributed by atoms with Crippen LogP contribution >= 0.6 is 0 Å². The topological polar surface area (TPSA) is 323 Å². The average molecular weight is 1480 g/mol. The fourth-order valence-electron chi connectivity index (χ4n) is 15.5. The Morgan fingerprint density at radius 2 is 0.402 bits per heavy atom. The van der Waals surface area contributed by atoms with Crippen molar-refractivity contribution in [1.29, 1.82) is 0 Å². The third-order valence-electron chi connectivity index (χ3n) is 20.2. The summed E-state index contributed by atoms with van der Waals surface area (Å²) in [4.78, 5) is 0. The van der Waals surface area contributed by atoms with Gasteiger partial charge in [-0.1, -0.05) is 0 Å². The van der Waals surface area contributed by atoms with Gasteiger partial charge in [0.05, 0.1) is 46.7 Å². The molecule has 21 saturated heterocycles. The van der Waals surface area contributed by atoms with Crippen LogP contribution in [0, 0.1) is 0 Å². The second-order valence-corrected chi connectivity index (χ2v) is 25.8. The lowest BCUT2D eigenvalue weighted by atomic mass is 9.94. The molecule has 0 spiro atoms.